The molecule has 7 heteroatoms. The molecule has 0 spiro atoms. The fourth-order valence-corrected chi connectivity index (χ4v) is 11.1. The fraction of sp³-hybridized carbons (Fsp3) is 0.0882. The van der Waals surface area contributed by atoms with E-state index in [4.69, 9.17) is 9.47 Å². The Bertz CT molecular complexity index is 3510. The average molecular weight is 995 g/mol. The van der Waals surface area contributed by atoms with Crippen LogP contribution in [0.1, 0.15) is 24.0 Å². The largest absolute Gasteiger partial charge is 0.469 e. The second kappa shape index (κ2) is 22.0. The van der Waals surface area contributed by atoms with Gasteiger partial charge in [-0.1, -0.05) is 158 Å². The summed E-state index contributed by atoms with van der Waals surface area (Å²) in [5.74, 6) is -0.419. The molecule has 75 heavy (non-hydrogen) atoms. The lowest BCUT2D eigenvalue weighted by Crippen LogP contribution is -2.10. The van der Waals surface area contributed by atoms with E-state index in [1.165, 1.54) is 45.5 Å². The zero-order chi connectivity index (χ0) is 51.1. The van der Waals surface area contributed by atoms with E-state index in [2.05, 4.69) is 240 Å². The van der Waals surface area contributed by atoms with E-state index in [-0.39, 0.29) is 11.9 Å². The van der Waals surface area contributed by atoms with E-state index >= 15 is 0 Å². The van der Waals surface area contributed by atoms with Crippen LogP contribution in [0.4, 0.5) is 34.1 Å². The van der Waals surface area contributed by atoms with Crippen molar-refractivity contribution in [2.45, 2.75) is 25.7 Å². The number of esters is 2. The number of carbonyl (C=O) groups is 2. The van der Waals surface area contributed by atoms with Crippen LogP contribution in [-0.4, -0.2) is 26.2 Å². The van der Waals surface area contributed by atoms with Gasteiger partial charge in [0.1, 0.15) is 0 Å². The molecule has 11 aromatic rings. The molecule has 0 saturated carbocycles. The van der Waals surface area contributed by atoms with Crippen molar-refractivity contribution in [1.29, 1.82) is 0 Å². The molecule has 0 aliphatic heterocycles. The number of rotatable bonds is 16. The van der Waals surface area contributed by atoms with E-state index in [1.54, 1.807) is 0 Å². The highest BCUT2D eigenvalue weighted by atomic mass is 32.1. The fourth-order valence-electron chi connectivity index (χ4n) is 9.87. The molecule has 1 heterocycles. The summed E-state index contributed by atoms with van der Waals surface area (Å²) in [7, 11) is 2.86. The zero-order valence-corrected chi connectivity index (χ0v) is 42.7. The maximum Gasteiger partial charge on any atom is 0.305 e. The number of fused-ring (bicyclic) bond motifs is 3. The van der Waals surface area contributed by atoms with E-state index < -0.39 is 0 Å². The lowest BCUT2D eigenvalue weighted by Gasteiger charge is -2.26. The van der Waals surface area contributed by atoms with Gasteiger partial charge in [-0.25, -0.2) is 0 Å². The third-order valence-electron chi connectivity index (χ3n) is 13.9. The maximum absolute atomic E-state index is 11.9. The first-order valence-electron chi connectivity index (χ1n) is 25.3. The summed E-state index contributed by atoms with van der Waals surface area (Å²) < 4.78 is 12.3. The van der Waals surface area contributed by atoms with Gasteiger partial charge in [0.15, 0.2) is 0 Å². The van der Waals surface area contributed by atoms with Crippen LogP contribution in [0.2, 0.25) is 0 Å². The van der Waals surface area contributed by atoms with Gasteiger partial charge in [0.2, 0.25) is 0 Å². The zero-order valence-electron chi connectivity index (χ0n) is 41.9. The van der Waals surface area contributed by atoms with E-state index in [0.29, 0.717) is 25.7 Å². The Kier molecular flexibility index (Phi) is 14.1. The molecular formula is C68H54N2O4S. The quantitative estimate of drug-likeness (QED) is 0.0899. The lowest BCUT2D eigenvalue weighted by molar-refractivity contribution is -0.141. The SMILES string of the molecule is COC(=O)CCc1ccc(N(c2ccc(-c3ccc4c(c3)sc3cc(-c5ccc(N(c6ccc(CCC(=O)OC)cc6)c6cccc(-c7ccccc7)c6)cc5)ccc34)cc2)c2cccc(-c3ccccc3)c2)cc1. The van der Waals surface area contributed by atoms with Crippen molar-refractivity contribution < 1.29 is 19.1 Å². The smallest absolute Gasteiger partial charge is 0.305 e. The molecule has 0 fully saturated rings. The van der Waals surface area contributed by atoms with Gasteiger partial charge in [0.25, 0.3) is 0 Å². The molecule has 0 unspecified atom stereocenters. The van der Waals surface area contributed by atoms with Gasteiger partial charge in [-0.05, 0) is 153 Å². The number of thiophene rings is 1. The molecular weight excluding hydrogens is 941 g/mol. The number of hydrogen-bond acceptors (Lipinski definition) is 7. The molecule has 0 amide bonds. The van der Waals surface area contributed by atoms with Crippen LogP contribution in [0.15, 0.2) is 243 Å². The molecule has 0 aliphatic rings. The van der Waals surface area contributed by atoms with Crippen LogP contribution in [0.5, 0.6) is 0 Å². The highest BCUT2D eigenvalue weighted by Gasteiger charge is 2.18. The molecule has 11 rings (SSSR count). The first-order valence-corrected chi connectivity index (χ1v) is 26.1. The Morgan fingerprint density at radius 2 is 0.653 bits per heavy atom. The van der Waals surface area contributed by atoms with Crippen molar-refractivity contribution in [3.63, 3.8) is 0 Å². The second-order valence-electron chi connectivity index (χ2n) is 18.6. The predicted octanol–water partition coefficient (Wildman–Crippen LogP) is 17.9. The number of hydrogen-bond donors (Lipinski definition) is 0. The van der Waals surface area contributed by atoms with Crippen molar-refractivity contribution in [3.05, 3.63) is 254 Å². The van der Waals surface area contributed by atoms with E-state index in [9.17, 15) is 9.59 Å². The third-order valence-corrected chi connectivity index (χ3v) is 15.0. The molecule has 0 atom stereocenters. The minimum atomic E-state index is -0.210. The van der Waals surface area contributed by atoms with Gasteiger partial charge in [0, 0.05) is 67.1 Å². The number of methoxy groups -OCH3 is 2. The van der Waals surface area contributed by atoms with E-state index in [0.717, 1.165) is 78.6 Å². The Morgan fingerprint density at radius 1 is 0.333 bits per heavy atom. The maximum atomic E-state index is 11.9. The third kappa shape index (κ3) is 10.7. The first-order chi connectivity index (χ1) is 36.9. The minimum Gasteiger partial charge on any atom is -0.469 e. The van der Waals surface area contributed by atoms with Crippen molar-refractivity contribution in [1.82, 2.24) is 0 Å². The number of ether oxygens (including phenoxy) is 2. The molecule has 10 aromatic carbocycles. The van der Waals surface area contributed by atoms with Crippen molar-refractivity contribution in [3.8, 4) is 44.5 Å². The standard InChI is InChI=1S/C68H54N2O4S/c1-73-67(71)41-23-47-19-31-57(32-20-47)69(61-17-9-15-53(43-61)49-11-5-3-6-12-49)59-35-25-51(26-36-59)55-29-39-63-64-40-30-56(46-66(64)75-65(63)45-55)52-27-37-60(38-28-52)70(58-33-21-48(22-34-58)24-42-68(72)74-2)62-18-10-16-54(44-62)50-13-7-4-8-14-50/h3-22,25-40,43-46H,23-24,41-42H2,1-2H3. The molecule has 0 saturated heterocycles. The molecule has 0 radical (unpaired) electrons. The summed E-state index contributed by atoms with van der Waals surface area (Å²) in [6, 6.07) is 86.5. The second-order valence-corrected chi connectivity index (χ2v) is 19.7. The summed E-state index contributed by atoms with van der Waals surface area (Å²) in [5, 5.41) is 2.50. The molecule has 0 N–H and O–H groups in total. The number of anilines is 6. The van der Waals surface area contributed by atoms with Gasteiger partial charge < -0.3 is 19.3 Å². The Balaban J connectivity index is 0.866. The monoisotopic (exact) mass is 994 g/mol. The van der Waals surface area contributed by atoms with E-state index in [1.807, 2.05) is 23.5 Å². The van der Waals surface area contributed by atoms with Crippen LogP contribution in [-0.2, 0) is 31.9 Å². The number of nitrogens with zero attached hydrogens (tertiary/aromatic N) is 2. The van der Waals surface area contributed by atoms with Crippen LogP contribution in [0, 0.1) is 0 Å². The van der Waals surface area contributed by atoms with Gasteiger partial charge in [-0.3, -0.25) is 9.59 Å². The van der Waals surface area contributed by atoms with Crippen LogP contribution in [0.25, 0.3) is 64.7 Å². The van der Waals surface area contributed by atoms with Gasteiger partial charge >= 0.3 is 11.9 Å². The van der Waals surface area contributed by atoms with Gasteiger partial charge in [-0.2, -0.15) is 0 Å². The highest BCUT2D eigenvalue weighted by molar-refractivity contribution is 7.25. The lowest BCUT2D eigenvalue weighted by atomic mass is 10.0. The molecule has 1 aromatic heterocycles. The molecule has 6 nitrogen and oxygen atoms in total. The van der Waals surface area contributed by atoms with Crippen molar-refractivity contribution in [2.75, 3.05) is 24.0 Å². The normalized spacial score (nSPS) is 11.1. The molecule has 366 valence electrons. The Hall–Kier alpha value is -9.04. The Labute approximate surface area is 442 Å². The predicted molar refractivity (Wildman–Crippen MR) is 311 cm³/mol. The first kappa shape index (κ1) is 48.2. The average Bonchev–Trinajstić information content (AvgIpc) is 3.85. The van der Waals surface area contributed by atoms with Crippen LogP contribution >= 0.6 is 11.3 Å². The van der Waals surface area contributed by atoms with Crippen LogP contribution < -0.4 is 9.80 Å². The summed E-state index contributed by atoms with van der Waals surface area (Å²) in [6.07, 6.45) is 1.93. The summed E-state index contributed by atoms with van der Waals surface area (Å²) in [6.45, 7) is 0. The number of benzene rings is 10. The minimum absolute atomic E-state index is 0.210. The van der Waals surface area contributed by atoms with Crippen molar-refractivity contribution in [2.24, 2.45) is 0 Å². The Morgan fingerprint density at radius 3 is 1.03 bits per heavy atom. The summed E-state index contributed by atoms with van der Waals surface area (Å²) >= 11 is 1.83. The number of carbonyl (C=O) groups excluding carboxylic acids is 2. The summed E-state index contributed by atoms with van der Waals surface area (Å²) in [5.41, 5.74) is 17.6. The van der Waals surface area contributed by atoms with Gasteiger partial charge in [-0.15, -0.1) is 11.3 Å². The topological polar surface area (TPSA) is 59.1 Å². The highest BCUT2D eigenvalue weighted by Crippen LogP contribution is 2.42. The van der Waals surface area contributed by atoms with Gasteiger partial charge in [0.05, 0.1) is 14.2 Å². The summed E-state index contributed by atoms with van der Waals surface area (Å²) in [4.78, 5) is 28.4. The number of aryl methyl sites for hydroxylation is 2. The van der Waals surface area contributed by atoms with Crippen molar-refractivity contribution >= 4 is 77.6 Å². The van der Waals surface area contributed by atoms with Crippen LogP contribution in [0.3, 0.4) is 0 Å². The molecule has 0 aliphatic carbocycles. The molecule has 0 bridgehead atoms.